The van der Waals surface area contributed by atoms with Gasteiger partial charge in [0.1, 0.15) is 30.2 Å². The molecule has 0 amide bonds. The van der Waals surface area contributed by atoms with Crippen molar-refractivity contribution in [1.82, 2.24) is 0 Å². The van der Waals surface area contributed by atoms with Gasteiger partial charge in [-0.25, -0.2) is 0 Å². The molecule has 2 fully saturated rings. The lowest BCUT2D eigenvalue weighted by Crippen LogP contribution is -2.60. The maximum absolute atomic E-state index is 10.2. The summed E-state index contributed by atoms with van der Waals surface area (Å²) in [5, 5.41) is 39.5. The molecule has 0 spiro atoms. The predicted octanol–water partition coefficient (Wildman–Crippen LogP) is 1.72. The molecule has 0 radical (unpaired) electrons. The fourth-order valence-electron chi connectivity index (χ4n) is 3.92. The Morgan fingerprint density at radius 1 is 0.897 bits per heavy atom. The molecular formula is C23H28O6. The van der Waals surface area contributed by atoms with Crippen molar-refractivity contribution in [3.05, 3.63) is 65.2 Å². The largest absolute Gasteiger partial charge is 0.462 e. The summed E-state index contributed by atoms with van der Waals surface area (Å²) in [7, 11) is 0. The summed E-state index contributed by atoms with van der Waals surface area (Å²) in [6, 6.07) is 16.1. The van der Waals surface area contributed by atoms with Crippen molar-refractivity contribution in [3.63, 3.8) is 0 Å². The van der Waals surface area contributed by atoms with E-state index in [0.717, 1.165) is 11.1 Å². The minimum absolute atomic E-state index is 0.486. The van der Waals surface area contributed by atoms with E-state index in [1.165, 1.54) is 24.8 Å². The molecule has 6 heteroatoms. The van der Waals surface area contributed by atoms with E-state index in [4.69, 9.17) is 9.47 Å². The van der Waals surface area contributed by atoms with E-state index in [1.807, 2.05) is 18.2 Å². The normalized spacial score (nSPS) is 30.0. The highest BCUT2D eigenvalue weighted by Gasteiger charge is 2.44. The number of rotatable bonds is 6. The van der Waals surface area contributed by atoms with Crippen LogP contribution in [0, 0.1) is 0 Å². The van der Waals surface area contributed by atoms with Crippen molar-refractivity contribution in [2.24, 2.45) is 0 Å². The van der Waals surface area contributed by atoms with E-state index in [2.05, 4.69) is 24.3 Å². The smallest absolute Gasteiger partial charge is 0.229 e. The van der Waals surface area contributed by atoms with Crippen LogP contribution in [0.15, 0.2) is 48.5 Å². The average Bonchev–Trinajstić information content (AvgIpc) is 2.70. The van der Waals surface area contributed by atoms with E-state index in [0.29, 0.717) is 18.1 Å². The Bertz CT molecular complexity index is 801. The topological polar surface area (TPSA) is 99.4 Å². The second-order valence-corrected chi connectivity index (χ2v) is 7.97. The molecule has 0 aromatic heterocycles. The van der Waals surface area contributed by atoms with Crippen LogP contribution in [-0.2, 0) is 11.2 Å². The first-order valence-corrected chi connectivity index (χ1v) is 10.2. The van der Waals surface area contributed by atoms with Gasteiger partial charge in [-0.2, -0.15) is 0 Å². The van der Waals surface area contributed by atoms with Crippen molar-refractivity contribution >= 4 is 0 Å². The van der Waals surface area contributed by atoms with E-state index in [9.17, 15) is 20.4 Å². The molecule has 156 valence electrons. The Kier molecular flexibility index (Phi) is 6.18. The number of aliphatic hydroxyl groups excluding tert-OH is 4. The molecule has 5 atom stereocenters. The second-order valence-electron chi connectivity index (χ2n) is 7.97. The Balaban J connectivity index is 1.48. The second kappa shape index (κ2) is 8.81. The summed E-state index contributed by atoms with van der Waals surface area (Å²) >= 11 is 0. The van der Waals surface area contributed by atoms with Crippen LogP contribution in [0.3, 0.4) is 0 Å². The Labute approximate surface area is 170 Å². The highest BCUT2D eigenvalue weighted by molar-refractivity contribution is 5.38. The Morgan fingerprint density at radius 2 is 1.62 bits per heavy atom. The van der Waals surface area contributed by atoms with Gasteiger partial charge in [0.25, 0.3) is 0 Å². The summed E-state index contributed by atoms with van der Waals surface area (Å²) in [6.45, 7) is -0.486. The minimum Gasteiger partial charge on any atom is -0.462 e. The van der Waals surface area contributed by atoms with Gasteiger partial charge in [0.05, 0.1) is 6.61 Å². The number of hydrogen-bond donors (Lipinski definition) is 4. The molecule has 29 heavy (non-hydrogen) atoms. The number of hydrogen-bond acceptors (Lipinski definition) is 6. The zero-order valence-electron chi connectivity index (χ0n) is 16.2. The lowest BCUT2D eigenvalue weighted by molar-refractivity contribution is -0.277. The quantitative estimate of drug-likeness (QED) is 0.589. The van der Waals surface area contributed by atoms with Gasteiger partial charge in [-0.15, -0.1) is 0 Å². The molecule has 1 heterocycles. The van der Waals surface area contributed by atoms with Gasteiger partial charge >= 0.3 is 0 Å². The van der Waals surface area contributed by atoms with Crippen LogP contribution in [-0.4, -0.2) is 57.7 Å². The monoisotopic (exact) mass is 400 g/mol. The predicted molar refractivity (Wildman–Crippen MR) is 107 cm³/mol. The van der Waals surface area contributed by atoms with Crippen molar-refractivity contribution in [1.29, 1.82) is 0 Å². The summed E-state index contributed by atoms with van der Waals surface area (Å²) < 4.78 is 11.3. The Morgan fingerprint density at radius 3 is 2.28 bits per heavy atom. The molecule has 2 aliphatic rings. The molecular weight excluding hydrogens is 372 g/mol. The number of benzene rings is 2. The van der Waals surface area contributed by atoms with Gasteiger partial charge in [0.2, 0.25) is 6.29 Å². The minimum atomic E-state index is -1.46. The van der Waals surface area contributed by atoms with Crippen molar-refractivity contribution in [2.45, 2.75) is 62.3 Å². The maximum atomic E-state index is 10.2. The van der Waals surface area contributed by atoms with E-state index in [-0.39, 0.29) is 0 Å². The van der Waals surface area contributed by atoms with Crippen molar-refractivity contribution in [3.8, 4) is 5.75 Å². The zero-order valence-corrected chi connectivity index (χ0v) is 16.2. The van der Waals surface area contributed by atoms with Crippen LogP contribution in [0.1, 0.15) is 41.9 Å². The number of aliphatic hydroxyl groups is 4. The average molecular weight is 400 g/mol. The van der Waals surface area contributed by atoms with E-state index in [1.54, 1.807) is 6.07 Å². The first-order chi connectivity index (χ1) is 14.1. The highest BCUT2D eigenvalue weighted by Crippen LogP contribution is 2.36. The van der Waals surface area contributed by atoms with Gasteiger partial charge in [0, 0.05) is 6.42 Å². The van der Waals surface area contributed by atoms with Gasteiger partial charge < -0.3 is 29.9 Å². The highest BCUT2D eigenvalue weighted by atomic mass is 16.7. The molecule has 1 aliphatic heterocycles. The third kappa shape index (κ3) is 4.32. The first-order valence-electron chi connectivity index (χ1n) is 10.2. The standard InChI is InChI=1S/C23H28O6/c24-13-19-20(25)21(26)22(27)23(29-19)28-18-7-2-1-4-17(18)12-14-8-10-16(11-9-14)15-5-3-6-15/h1-2,4,7-11,15,19-27H,3,5-6,12-13H2/t19-,20-,21+,22-,23-/m1/s1. The van der Waals surface area contributed by atoms with Gasteiger partial charge in [-0.3, -0.25) is 0 Å². The first kappa shape index (κ1) is 20.3. The number of para-hydroxylation sites is 1. The molecule has 0 bridgehead atoms. The molecule has 1 aliphatic carbocycles. The molecule has 2 aromatic carbocycles. The molecule has 4 rings (SSSR count). The van der Waals surface area contributed by atoms with Crippen LogP contribution in [0.25, 0.3) is 0 Å². The maximum Gasteiger partial charge on any atom is 0.229 e. The van der Waals surface area contributed by atoms with Gasteiger partial charge in [-0.05, 0) is 41.5 Å². The number of ether oxygens (including phenoxy) is 2. The fourth-order valence-corrected chi connectivity index (χ4v) is 3.92. The summed E-state index contributed by atoms with van der Waals surface area (Å²) in [5.74, 6) is 1.23. The van der Waals surface area contributed by atoms with Crippen molar-refractivity contribution in [2.75, 3.05) is 6.61 Å². The van der Waals surface area contributed by atoms with Crippen molar-refractivity contribution < 1.29 is 29.9 Å². The van der Waals surface area contributed by atoms with Crippen LogP contribution in [0.2, 0.25) is 0 Å². The van der Waals surface area contributed by atoms with Crippen LogP contribution >= 0.6 is 0 Å². The molecule has 0 unspecified atom stereocenters. The fraction of sp³-hybridized carbons (Fsp3) is 0.478. The van der Waals surface area contributed by atoms with Crippen LogP contribution in [0.5, 0.6) is 5.75 Å². The van der Waals surface area contributed by atoms with E-state index >= 15 is 0 Å². The third-order valence-electron chi connectivity index (χ3n) is 6.02. The van der Waals surface area contributed by atoms with Crippen LogP contribution < -0.4 is 4.74 Å². The zero-order chi connectivity index (χ0) is 20.4. The molecule has 1 saturated carbocycles. The lowest BCUT2D eigenvalue weighted by atomic mass is 9.80. The summed E-state index contributed by atoms with van der Waals surface area (Å²) in [4.78, 5) is 0. The molecule has 4 N–H and O–H groups in total. The SMILES string of the molecule is OC[C@H]1O[C@@H](Oc2ccccc2Cc2ccc(C3CCC3)cc2)[C@H](O)[C@@H](O)[C@@H]1O. The van der Waals surface area contributed by atoms with Gasteiger partial charge in [0.15, 0.2) is 0 Å². The summed E-state index contributed by atoms with van der Waals surface area (Å²) in [5.41, 5.74) is 3.46. The summed E-state index contributed by atoms with van der Waals surface area (Å²) in [6.07, 6.45) is -1.96. The molecule has 1 saturated heterocycles. The third-order valence-corrected chi connectivity index (χ3v) is 6.02. The lowest BCUT2D eigenvalue weighted by Gasteiger charge is -2.39. The Hall–Kier alpha value is -1.96. The van der Waals surface area contributed by atoms with Crippen LogP contribution in [0.4, 0.5) is 0 Å². The van der Waals surface area contributed by atoms with Gasteiger partial charge in [-0.1, -0.05) is 48.9 Å². The molecule has 6 nitrogen and oxygen atoms in total. The van der Waals surface area contributed by atoms with E-state index < -0.39 is 37.3 Å². The molecule has 2 aromatic rings.